The zero-order valence-electron chi connectivity index (χ0n) is 17.3. The number of methoxy groups -OCH3 is 1. The van der Waals surface area contributed by atoms with E-state index in [0.29, 0.717) is 43.8 Å². The van der Waals surface area contributed by atoms with Crippen molar-refractivity contribution in [2.24, 2.45) is 5.92 Å². The average molecular weight is 450 g/mol. The number of hydrogen-bond acceptors (Lipinski definition) is 7. The lowest BCUT2D eigenvalue weighted by molar-refractivity contribution is -0.135. The topological polar surface area (TPSA) is 118 Å². The van der Waals surface area contributed by atoms with Crippen LogP contribution in [0.2, 0.25) is 0 Å². The lowest BCUT2D eigenvalue weighted by Gasteiger charge is -2.34. The van der Waals surface area contributed by atoms with Crippen molar-refractivity contribution in [1.82, 2.24) is 14.8 Å². The third kappa shape index (κ3) is 5.59. The number of sulfonamides is 1. The number of hydrogen-bond donors (Lipinski definition) is 2. The number of amides is 1. The highest BCUT2D eigenvalue weighted by atomic mass is 32.2. The third-order valence-electron chi connectivity index (χ3n) is 5.39. The van der Waals surface area contributed by atoms with Crippen LogP contribution in [0.15, 0.2) is 53.7 Å². The van der Waals surface area contributed by atoms with Crippen LogP contribution >= 0.6 is 0 Å². The average Bonchev–Trinajstić information content (AvgIpc) is 3.08. The molecule has 0 aliphatic carbocycles. The van der Waals surface area contributed by atoms with Crippen molar-refractivity contribution in [2.45, 2.75) is 36.7 Å². The maximum Gasteiger partial charge on any atom is 0.262 e. The van der Waals surface area contributed by atoms with Crippen molar-refractivity contribution in [3.63, 3.8) is 0 Å². The first kappa shape index (κ1) is 23.1. The fraction of sp³-hybridized carbons (Fsp3) is 0.429. The Morgan fingerprint density at radius 2 is 1.94 bits per heavy atom. The molecule has 31 heavy (non-hydrogen) atoms. The van der Waals surface area contributed by atoms with E-state index in [1.807, 2.05) is 0 Å². The van der Waals surface area contributed by atoms with Gasteiger partial charge in [0.15, 0.2) is 0 Å². The Labute approximate surface area is 182 Å². The lowest BCUT2D eigenvalue weighted by atomic mass is 9.91. The van der Waals surface area contributed by atoms with Gasteiger partial charge in [-0.2, -0.15) is 4.31 Å². The van der Waals surface area contributed by atoms with Gasteiger partial charge in [-0.05, 0) is 67.1 Å². The van der Waals surface area contributed by atoms with Gasteiger partial charge in [0, 0.05) is 32.2 Å². The van der Waals surface area contributed by atoms with Gasteiger partial charge in [-0.3, -0.25) is 15.0 Å². The highest BCUT2D eigenvalue weighted by Crippen LogP contribution is 2.30. The minimum atomic E-state index is -4.10. The summed E-state index contributed by atoms with van der Waals surface area (Å²) in [6.45, 7) is 0.928. The van der Waals surface area contributed by atoms with E-state index in [4.69, 9.17) is 9.47 Å². The number of nitrogens with zero attached hydrogens (tertiary/aromatic N) is 2. The van der Waals surface area contributed by atoms with Crippen molar-refractivity contribution < 1.29 is 27.9 Å². The summed E-state index contributed by atoms with van der Waals surface area (Å²) < 4.78 is 39.2. The van der Waals surface area contributed by atoms with Gasteiger partial charge in [-0.1, -0.05) is 0 Å². The van der Waals surface area contributed by atoms with Crippen LogP contribution in [0.5, 0.6) is 5.75 Å². The first-order valence-corrected chi connectivity index (χ1v) is 11.5. The maximum absolute atomic E-state index is 13.7. The first-order valence-electron chi connectivity index (χ1n) is 10.0. The number of carbonyl (C=O) groups is 1. The Morgan fingerprint density at radius 1 is 1.23 bits per heavy atom. The van der Waals surface area contributed by atoms with Crippen molar-refractivity contribution in [2.75, 3.05) is 20.3 Å². The first-order chi connectivity index (χ1) is 15.0. The minimum absolute atomic E-state index is 0.0305. The fourth-order valence-electron chi connectivity index (χ4n) is 3.77. The molecule has 2 aromatic rings. The number of ether oxygens (including phenoxy) is 2. The summed E-state index contributed by atoms with van der Waals surface area (Å²) in [6.07, 6.45) is 4.93. The van der Waals surface area contributed by atoms with Crippen LogP contribution in [-0.4, -0.2) is 55.2 Å². The third-order valence-corrected chi connectivity index (χ3v) is 7.23. The van der Waals surface area contributed by atoms with Crippen molar-refractivity contribution in [1.29, 1.82) is 0 Å². The molecule has 0 saturated carbocycles. The molecule has 2 heterocycles. The van der Waals surface area contributed by atoms with Crippen LogP contribution in [-0.2, 0) is 26.1 Å². The summed E-state index contributed by atoms with van der Waals surface area (Å²) in [7, 11) is -2.60. The summed E-state index contributed by atoms with van der Waals surface area (Å²) >= 11 is 0. The molecule has 3 rings (SSSR count). The molecule has 9 nitrogen and oxygen atoms in total. The molecule has 1 amide bonds. The fourth-order valence-corrected chi connectivity index (χ4v) is 5.41. The van der Waals surface area contributed by atoms with Crippen LogP contribution in [0.1, 0.15) is 24.8 Å². The second-order valence-corrected chi connectivity index (χ2v) is 9.20. The quantitative estimate of drug-likeness (QED) is 0.467. The van der Waals surface area contributed by atoms with E-state index in [2.05, 4.69) is 4.98 Å². The molecule has 1 unspecified atom stereocenters. The number of benzene rings is 1. The van der Waals surface area contributed by atoms with E-state index >= 15 is 0 Å². The summed E-state index contributed by atoms with van der Waals surface area (Å²) in [5.41, 5.74) is 2.35. The normalized spacial score (nSPS) is 18.2. The SMILES string of the molecule is COc1ccc(S(=O)(=O)N(Cc2ccncc2)[C@@H](C(=O)NO)C2CCCOCC2)cc1. The molecule has 1 aromatic carbocycles. The van der Waals surface area contributed by atoms with Gasteiger partial charge in [-0.25, -0.2) is 13.9 Å². The molecule has 168 valence electrons. The van der Waals surface area contributed by atoms with Gasteiger partial charge in [0.05, 0.1) is 12.0 Å². The zero-order valence-corrected chi connectivity index (χ0v) is 18.1. The van der Waals surface area contributed by atoms with Crippen LogP contribution in [0.4, 0.5) is 0 Å². The van der Waals surface area contributed by atoms with Gasteiger partial charge in [0.1, 0.15) is 11.8 Å². The van der Waals surface area contributed by atoms with E-state index in [-0.39, 0.29) is 17.4 Å². The van der Waals surface area contributed by atoms with E-state index < -0.39 is 22.0 Å². The smallest absolute Gasteiger partial charge is 0.262 e. The van der Waals surface area contributed by atoms with Crippen LogP contribution < -0.4 is 10.2 Å². The summed E-state index contributed by atoms with van der Waals surface area (Å²) in [5, 5.41) is 9.45. The number of nitrogens with one attached hydrogen (secondary N) is 1. The van der Waals surface area contributed by atoms with Gasteiger partial charge < -0.3 is 9.47 Å². The molecule has 1 saturated heterocycles. The maximum atomic E-state index is 13.7. The summed E-state index contributed by atoms with van der Waals surface area (Å²) in [6, 6.07) is 8.28. The highest BCUT2D eigenvalue weighted by molar-refractivity contribution is 7.89. The molecule has 1 aliphatic heterocycles. The van der Waals surface area contributed by atoms with E-state index in [1.54, 1.807) is 42.1 Å². The lowest BCUT2D eigenvalue weighted by Crippen LogP contribution is -2.52. The van der Waals surface area contributed by atoms with E-state index in [1.165, 1.54) is 19.2 Å². The number of aromatic nitrogens is 1. The second-order valence-electron chi connectivity index (χ2n) is 7.31. The van der Waals surface area contributed by atoms with Crippen molar-refractivity contribution in [3.05, 3.63) is 54.4 Å². The van der Waals surface area contributed by atoms with Crippen molar-refractivity contribution in [3.8, 4) is 5.75 Å². The van der Waals surface area contributed by atoms with E-state index in [9.17, 15) is 18.4 Å². The number of hydroxylamine groups is 1. The van der Waals surface area contributed by atoms with Gasteiger partial charge >= 0.3 is 0 Å². The van der Waals surface area contributed by atoms with Gasteiger partial charge in [0.25, 0.3) is 5.91 Å². The molecule has 0 radical (unpaired) electrons. The molecule has 2 atom stereocenters. The monoisotopic (exact) mass is 449 g/mol. The minimum Gasteiger partial charge on any atom is -0.497 e. The Bertz CT molecular complexity index is 945. The van der Waals surface area contributed by atoms with Gasteiger partial charge in [-0.15, -0.1) is 0 Å². The number of pyridine rings is 1. The van der Waals surface area contributed by atoms with Gasteiger partial charge in [0.2, 0.25) is 10.0 Å². The number of rotatable bonds is 8. The highest BCUT2D eigenvalue weighted by Gasteiger charge is 2.41. The molecule has 1 aliphatic rings. The Hall–Kier alpha value is -2.53. The van der Waals surface area contributed by atoms with E-state index in [0.717, 1.165) is 4.31 Å². The number of carbonyl (C=O) groups excluding carboxylic acids is 1. The Kier molecular flexibility index (Phi) is 7.97. The molecule has 1 aromatic heterocycles. The predicted octanol–water partition coefficient (Wildman–Crippen LogP) is 1.97. The molecular formula is C21H27N3O6S. The largest absolute Gasteiger partial charge is 0.497 e. The standard InChI is InChI=1S/C21H27N3O6S/c1-29-18-4-6-19(7-5-18)31(27,28)24(15-16-8-11-22-12-9-16)20(21(25)23-26)17-3-2-13-30-14-10-17/h4-9,11-12,17,20,26H,2-3,10,13-15H2,1H3,(H,23,25)/t17?,20-/m1/s1. The second kappa shape index (κ2) is 10.7. The van der Waals surface area contributed by atoms with Crippen LogP contribution in [0.3, 0.4) is 0 Å². The molecular weight excluding hydrogens is 422 g/mol. The van der Waals surface area contributed by atoms with Crippen LogP contribution in [0, 0.1) is 5.92 Å². The van der Waals surface area contributed by atoms with Crippen molar-refractivity contribution >= 4 is 15.9 Å². The zero-order chi connectivity index (χ0) is 22.3. The Morgan fingerprint density at radius 3 is 2.58 bits per heavy atom. The predicted molar refractivity (Wildman–Crippen MR) is 112 cm³/mol. The molecule has 2 N–H and O–H groups in total. The molecule has 0 bridgehead atoms. The molecule has 1 fully saturated rings. The summed E-state index contributed by atoms with van der Waals surface area (Å²) in [4.78, 5) is 16.8. The summed E-state index contributed by atoms with van der Waals surface area (Å²) in [5.74, 6) is -0.562. The Balaban J connectivity index is 2.06. The van der Waals surface area contributed by atoms with Crippen LogP contribution in [0.25, 0.3) is 0 Å². The molecule has 10 heteroatoms. The molecule has 0 spiro atoms.